The Bertz CT molecular complexity index is 419. The van der Waals surface area contributed by atoms with Crippen molar-refractivity contribution >= 4 is 10.9 Å². The van der Waals surface area contributed by atoms with Crippen LogP contribution in [-0.2, 0) is 0 Å². The molecule has 1 aromatic carbocycles. The van der Waals surface area contributed by atoms with Crippen molar-refractivity contribution in [2.45, 2.75) is 25.3 Å². The van der Waals surface area contributed by atoms with Gasteiger partial charge >= 0.3 is 0 Å². The molecule has 0 aliphatic carbocycles. The fourth-order valence-corrected chi connectivity index (χ4v) is 2.32. The zero-order valence-electron chi connectivity index (χ0n) is 8.74. The van der Waals surface area contributed by atoms with Gasteiger partial charge in [-0.25, -0.2) is 5.32 Å². The van der Waals surface area contributed by atoms with Crippen molar-refractivity contribution in [2.75, 3.05) is 6.54 Å². The lowest BCUT2D eigenvalue weighted by atomic mass is 10.0. The molecule has 1 saturated heterocycles. The molecule has 2 aromatic rings. The summed E-state index contributed by atoms with van der Waals surface area (Å²) >= 11 is 0. The second-order valence-corrected chi connectivity index (χ2v) is 4.23. The second-order valence-electron chi connectivity index (χ2n) is 4.23. The number of hydrogen-bond donors (Lipinski definition) is 1. The first-order valence-electron chi connectivity index (χ1n) is 5.68. The Morgan fingerprint density at radius 1 is 1.20 bits per heavy atom. The molecule has 1 unspecified atom stereocenters. The van der Waals surface area contributed by atoms with E-state index in [1.165, 1.54) is 35.9 Å². The summed E-state index contributed by atoms with van der Waals surface area (Å²) in [5, 5.41) is 5.96. The summed E-state index contributed by atoms with van der Waals surface area (Å²) < 4.78 is 0. The maximum absolute atomic E-state index is 4.66. The van der Waals surface area contributed by atoms with E-state index in [-0.39, 0.29) is 0 Å². The molecule has 2 heteroatoms. The smallest absolute Gasteiger partial charge is 0.0645 e. The van der Waals surface area contributed by atoms with Crippen molar-refractivity contribution in [1.82, 2.24) is 10.3 Å². The van der Waals surface area contributed by atoms with Crippen LogP contribution in [0.15, 0.2) is 30.3 Å². The van der Waals surface area contributed by atoms with E-state index in [2.05, 4.69) is 40.6 Å². The van der Waals surface area contributed by atoms with Gasteiger partial charge in [0.1, 0.15) is 0 Å². The maximum atomic E-state index is 4.66. The average Bonchev–Trinajstić information content (AvgIpc) is 2.74. The molecule has 0 amide bonds. The lowest BCUT2D eigenvalue weighted by molar-refractivity contribution is 0.398. The van der Waals surface area contributed by atoms with Crippen LogP contribution in [-0.4, -0.2) is 11.5 Å². The van der Waals surface area contributed by atoms with Crippen LogP contribution in [0.2, 0.25) is 0 Å². The minimum absolute atomic E-state index is 0.408. The van der Waals surface area contributed by atoms with Crippen LogP contribution >= 0.6 is 0 Å². The van der Waals surface area contributed by atoms with E-state index in [4.69, 9.17) is 0 Å². The largest absolute Gasteiger partial charge is 0.357 e. The highest BCUT2D eigenvalue weighted by Gasteiger charge is 2.17. The predicted molar refractivity (Wildman–Crippen MR) is 61.9 cm³/mol. The average molecular weight is 199 g/mol. The molecule has 1 aromatic heterocycles. The van der Waals surface area contributed by atoms with E-state index >= 15 is 0 Å². The lowest BCUT2D eigenvalue weighted by Crippen LogP contribution is -2.20. The SMILES string of the molecule is c1ccc2[nH]c(C3CCCC[N]3)cc2c1. The van der Waals surface area contributed by atoms with Gasteiger partial charge in [-0.3, -0.25) is 0 Å². The summed E-state index contributed by atoms with van der Waals surface area (Å²) in [5.74, 6) is 0. The predicted octanol–water partition coefficient (Wildman–Crippen LogP) is 3.00. The number of benzene rings is 1. The molecule has 2 heterocycles. The van der Waals surface area contributed by atoms with E-state index < -0.39 is 0 Å². The molecule has 1 aliphatic rings. The molecule has 1 N–H and O–H groups in total. The molecule has 0 spiro atoms. The first kappa shape index (κ1) is 8.98. The molecular weight excluding hydrogens is 184 g/mol. The summed E-state index contributed by atoms with van der Waals surface area (Å²) in [4.78, 5) is 3.47. The number of piperidine rings is 1. The maximum Gasteiger partial charge on any atom is 0.0645 e. The second kappa shape index (κ2) is 3.70. The number of aromatic nitrogens is 1. The third-order valence-electron chi connectivity index (χ3n) is 3.14. The van der Waals surface area contributed by atoms with Gasteiger partial charge in [-0.2, -0.15) is 0 Å². The zero-order chi connectivity index (χ0) is 10.1. The Kier molecular flexibility index (Phi) is 2.22. The van der Waals surface area contributed by atoms with Crippen LogP contribution in [0.1, 0.15) is 31.0 Å². The lowest BCUT2D eigenvalue weighted by Gasteiger charge is -2.20. The fraction of sp³-hybridized carbons (Fsp3) is 0.385. The van der Waals surface area contributed by atoms with Gasteiger partial charge in [0.2, 0.25) is 0 Å². The topological polar surface area (TPSA) is 29.9 Å². The van der Waals surface area contributed by atoms with E-state index in [9.17, 15) is 0 Å². The molecule has 1 radical (unpaired) electrons. The summed E-state index contributed by atoms with van der Waals surface area (Å²) in [7, 11) is 0. The van der Waals surface area contributed by atoms with Crippen molar-refractivity contribution in [3.05, 3.63) is 36.0 Å². The molecule has 0 saturated carbocycles. The Morgan fingerprint density at radius 3 is 2.93 bits per heavy atom. The number of aromatic amines is 1. The minimum Gasteiger partial charge on any atom is -0.357 e. The van der Waals surface area contributed by atoms with Gasteiger partial charge in [-0.1, -0.05) is 24.6 Å². The van der Waals surface area contributed by atoms with Crippen LogP contribution in [0.25, 0.3) is 10.9 Å². The number of para-hydroxylation sites is 1. The van der Waals surface area contributed by atoms with Gasteiger partial charge < -0.3 is 4.98 Å². The minimum atomic E-state index is 0.408. The fourth-order valence-electron chi connectivity index (χ4n) is 2.32. The van der Waals surface area contributed by atoms with Crippen LogP contribution in [0.5, 0.6) is 0 Å². The Labute approximate surface area is 89.7 Å². The van der Waals surface area contributed by atoms with Crippen molar-refractivity contribution in [1.29, 1.82) is 0 Å². The Balaban J connectivity index is 1.96. The van der Waals surface area contributed by atoms with Crippen molar-refractivity contribution in [3.8, 4) is 0 Å². The van der Waals surface area contributed by atoms with E-state index in [0.717, 1.165) is 6.54 Å². The number of nitrogens with zero attached hydrogens (tertiary/aromatic N) is 1. The van der Waals surface area contributed by atoms with Crippen LogP contribution in [0.3, 0.4) is 0 Å². The number of hydrogen-bond acceptors (Lipinski definition) is 0. The highest BCUT2D eigenvalue weighted by Crippen LogP contribution is 2.26. The first-order valence-corrected chi connectivity index (χ1v) is 5.68. The van der Waals surface area contributed by atoms with Gasteiger partial charge in [-0.15, -0.1) is 0 Å². The molecule has 77 valence electrons. The van der Waals surface area contributed by atoms with Crippen LogP contribution < -0.4 is 5.32 Å². The first-order chi connectivity index (χ1) is 7.43. The Morgan fingerprint density at radius 2 is 2.13 bits per heavy atom. The normalized spacial score (nSPS) is 22.0. The van der Waals surface area contributed by atoms with Crippen LogP contribution in [0.4, 0.5) is 0 Å². The molecule has 1 aliphatic heterocycles. The van der Waals surface area contributed by atoms with Crippen molar-refractivity contribution in [3.63, 3.8) is 0 Å². The highest BCUT2D eigenvalue weighted by atomic mass is 14.9. The molecule has 3 rings (SSSR count). The standard InChI is InChI=1S/C13H15N2/c1-2-6-11-10(5-1)9-13(15-11)12-7-3-4-8-14-12/h1-2,5-6,9,12,15H,3-4,7-8H2. The number of fused-ring (bicyclic) bond motifs is 1. The van der Waals surface area contributed by atoms with E-state index in [0.29, 0.717) is 6.04 Å². The number of H-pyrrole nitrogens is 1. The summed E-state index contributed by atoms with van der Waals surface area (Å²) in [6.45, 7) is 1.03. The molecule has 2 nitrogen and oxygen atoms in total. The summed E-state index contributed by atoms with van der Waals surface area (Å²) in [5.41, 5.74) is 2.52. The van der Waals surface area contributed by atoms with Gasteiger partial charge in [-0.05, 0) is 30.4 Å². The third kappa shape index (κ3) is 1.65. The van der Waals surface area contributed by atoms with Crippen molar-refractivity contribution < 1.29 is 0 Å². The van der Waals surface area contributed by atoms with Gasteiger partial charge in [0, 0.05) is 17.8 Å². The zero-order valence-corrected chi connectivity index (χ0v) is 8.74. The number of nitrogens with one attached hydrogen (secondary N) is 1. The molecular formula is C13H15N2. The van der Waals surface area contributed by atoms with Crippen LogP contribution in [0, 0.1) is 0 Å². The van der Waals surface area contributed by atoms with E-state index in [1.807, 2.05) is 0 Å². The highest BCUT2D eigenvalue weighted by molar-refractivity contribution is 5.80. The van der Waals surface area contributed by atoms with Gasteiger partial charge in [0.05, 0.1) is 6.04 Å². The monoisotopic (exact) mass is 199 g/mol. The van der Waals surface area contributed by atoms with Crippen molar-refractivity contribution in [2.24, 2.45) is 0 Å². The molecule has 0 bridgehead atoms. The Hall–Kier alpha value is -1.28. The van der Waals surface area contributed by atoms with E-state index in [1.54, 1.807) is 0 Å². The summed E-state index contributed by atoms with van der Waals surface area (Å²) in [6, 6.07) is 11.1. The molecule has 15 heavy (non-hydrogen) atoms. The van der Waals surface area contributed by atoms with Gasteiger partial charge in [0.15, 0.2) is 0 Å². The van der Waals surface area contributed by atoms with Gasteiger partial charge in [0.25, 0.3) is 0 Å². The summed E-state index contributed by atoms with van der Waals surface area (Å²) in [6.07, 6.45) is 3.77. The molecule has 1 fully saturated rings. The third-order valence-corrected chi connectivity index (χ3v) is 3.14. The molecule has 1 atom stereocenters. The number of rotatable bonds is 1. The quantitative estimate of drug-likeness (QED) is 0.731.